The minimum absolute atomic E-state index is 0.334. The minimum Gasteiger partial charge on any atom is -0.404 e. The SMILES string of the molecule is [C-]#[N+]c1c(-c2ccc(Cl)cc2Cl)cn2c(N3CCOCC3)cnc2c1N. The predicted octanol–water partition coefficient (Wildman–Crippen LogP) is 4.28. The van der Waals surface area contributed by atoms with Crippen molar-refractivity contribution in [1.82, 2.24) is 9.38 Å². The van der Waals surface area contributed by atoms with Crippen molar-refractivity contribution in [2.45, 2.75) is 0 Å². The Bertz CT molecular complexity index is 1030. The van der Waals surface area contributed by atoms with Crippen molar-refractivity contribution in [2.75, 3.05) is 36.9 Å². The first kappa shape index (κ1) is 17.0. The molecule has 1 aromatic carbocycles. The molecular weight excluding hydrogens is 373 g/mol. The number of pyridine rings is 1. The largest absolute Gasteiger partial charge is 0.404 e. The number of hydrogen-bond acceptors (Lipinski definition) is 4. The second-order valence-corrected chi connectivity index (χ2v) is 6.79. The van der Waals surface area contributed by atoms with E-state index in [9.17, 15) is 0 Å². The van der Waals surface area contributed by atoms with Gasteiger partial charge in [-0.15, -0.1) is 0 Å². The molecule has 6 nitrogen and oxygen atoms in total. The van der Waals surface area contributed by atoms with Crippen LogP contribution in [0.25, 0.3) is 21.6 Å². The maximum atomic E-state index is 7.58. The third kappa shape index (κ3) is 2.74. The molecule has 0 unspecified atom stereocenters. The zero-order valence-electron chi connectivity index (χ0n) is 13.7. The summed E-state index contributed by atoms with van der Waals surface area (Å²) in [7, 11) is 0. The van der Waals surface area contributed by atoms with Gasteiger partial charge in [-0.1, -0.05) is 29.3 Å². The molecule has 0 radical (unpaired) electrons. The van der Waals surface area contributed by atoms with Crippen molar-refractivity contribution in [3.63, 3.8) is 0 Å². The number of nitrogen functional groups attached to an aromatic ring is 1. The van der Waals surface area contributed by atoms with Gasteiger partial charge in [0.1, 0.15) is 5.82 Å². The maximum absolute atomic E-state index is 7.58. The standard InChI is InChI=1S/C18H15Cl2N5O/c1-22-17-13(12-3-2-11(19)8-14(12)20)10-25-15(9-23-18(25)16(17)21)24-4-6-26-7-5-24/h2-3,8-10H,4-7,21H2. The lowest BCUT2D eigenvalue weighted by molar-refractivity contribution is 0.122. The van der Waals surface area contributed by atoms with Crippen LogP contribution >= 0.6 is 23.2 Å². The van der Waals surface area contributed by atoms with E-state index >= 15 is 0 Å². The fraction of sp³-hybridized carbons (Fsp3) is 0.222. The summed E-state index contributed by atoms with van der Waals surface area (Å²) < 4.78 is 7.34. The van der Waals surface area contributed by atoms with Crippen molar-refractivity contribution in [3.05, 3.63) is 52.1 Å². The molecule has 2 aromatic heterocycles. The van der Waals surface area contributed by atoms with Gasteiger partial charge < -0.3 is 15.4 Å². The number of aromatic nitrogens is 2. The summed E-state index contributed by atoms with van der Waals surface area (Å²) in [4.78, 5) is 10.2. The first-order chi connectivity index (χ1) is 12.6. The maximum Gasteiger partial charge on any atom is 0.222 e. The van der Waals surface area contributed by atoms with Crippen LogP contribution in [0.5, 0.6) is 0 Å². The lowest BCUT2D eigenvalue weighted by Gasteiger charge is -2.28. The van der Waals surface area contributed by atoms with Crippen LogP contribution in [0, 0.1) is 6.57 Å². The van der Waals surface area contributed by atoms with Crippen LogP contribution in [-0.4, -0.2) is 35.7 Å². The number of nitrogens with zero attached hydrogens (tertiary/aromatic N) is 4. The first-order valence-electron chi connectivity index (χ1n) is 8.05. The van der Waals surface area contributed by atoms with E-state index in [1.54, 1.807) is 24.4 Å². The van der Waals surface area contributed by atoms with E-state index in [0.29, 0.717) is 51.4 Å². The summed E-state index contributed by atoms with van der Waals surface area (Å²) in [5.74, 6) is 0.915. The van der Waals surface area contributed by atoms with Gasteiger partial charge in [-0.3, -0.25) is 4.40 Å². The van der Waals surface area contributed by atoms with Crippen LogP contribution in [-0.2, 0) is 4.74 Å². The van der Waals surface area contributed by atoms with Crippen LogP contribution in [0.3, 0.4) is 0 Å². The number of benzene rings is 1. The molecule has 26 heavy (non-hydrogen) atoms. The molecule has 2 N–H and O–H groups in total. The van der Waals surface area contributed by atoms with Gasteiger partial charge >= 0.3 is 0 Å². The van der Waals surface area contributed by atoms with E-state index in [1.165, 1.54) is 0 Å². The van der Waals surface area contributed by atoms with Crippen LogP contribution in [0.2, 0.25) is 10.0 Å². The topological polar surface area (TPSA) is 60.2 Å². The highest BCUT2D eigenvalue weighted by atomic mass is 35.5. The van der Waals surface area contributed by atoms with Crippen LogP contribution in [0.1, 0.15) is 0 Å². The monoisotopic (exact) mass is 387 g/mol. The Hall–Kier alpha value is -2.46. The second-order valence-electron chi connectivity index (χ2n) is 5.95. The summed E-state index contributed by atoms with van der Waals surface area (Å²) in [6.45, 7) is 10.5. The predicted molar refractivity (Wildman–Crippen MR) is 104 cm³/mol. The molecule has 1 aliphatic rings. The number of halogens is 2. The number of ether oxygens (including phenoxy) is 1. The zero-order valence-corrected chi connectivity index (χ0v) is 15.3. The molecule has 132 valence electrons. The molecule has 1 fully saturated rings. The average Bonchev–Trinajstić information content (AvgIpc) is 3.07. The van der Waals surface area contributed by atoms with Gasteiger partial charge in [0.25, 0.3) is 0 Å². The van der Waals surface area contributed by atoms with Gasteiger partial charge in [-0.25, -0.2) is 9.83 Å². The number of nitrogens with two attached hydrogens (primary N) is 1. The molecule has 0 amide bonds. The quantitative estimate of drug-likeness (QED) is 0.666. The summed E-state index contributed by atoms with van der Waals surface area (Å²) in [5.41, 5.74) is 8.87. The Kier molecular flexibility index (Phi) is 4.37. The van der Waals surface area contributed by atoms with Gasteiger partial charge in [-0.2, -0.15) is 0 Å². The Labute approximate surface area is 160 Å². The molecule has 8 heteroatoms. The second kappa shape index (κ2) is 6.69. The normalized spacial score (nSPS) is 14.6. The van der Waals surface area contributed by atoms with Crippen molar-refractivity contribution < 1.29 is 4.74 Å². The molecule has 0 spiro atoms. The van der Waals surface area contributed by atoms with Crippen molar-refractivity contribution in [2.24, 2.45) is 0 Å². The van der Waals surface area contributed by atoms with Gasteiger partial charge in [-0.05, 0) is 17.7 Å². The molecule has 3 aromatic rings. The third-order valence-corrected chi connectivity index (χ3v) is 5.00. The summed E-state index contributed by atoms with van der Waals surface area (Å²) in [6, 6.07) is 5.20. The van der Waals surface area contributed by atoms with Gasteiger partial charge in [0, 0.05) is 34.9 Å². The molecule has 0 bridgehead atoms. The van der Waals surface area contributed by atoms with Crippen molar-refractivity contribution in [1.29, 1.82) is 0 Å². The minimum atomic E-state index is 0.334. The molecule has 0 saturated carbocycles. The van der Waals surface area contributed by atoms with E-state index in [1.807, 2.05) is 10.6 Å². The van der Waals surface area contributed by atoms with Gasteiger partial charge in [0.05, 0.1) is 31.7 Å². The third-order valence-electron chi connectivity index (χ3n) is 4.45. The number of fused-ring (bicyclic) bond motifs is 1. The van der Waals surface area contributed by atoms with Crippen molar-refractivity contribution >= 4 is 46.0 Å². The highest BCUT2D eigenvalue weighted by Gasteiger charge is 2.21. The van der Waals surface area contributed by atoms with E-state index in [2.05, 4.69) is 14.7 Å². The Morgan fingerprint density at radius 3 is 2.65 bits per heavy atom. The first-order valence-corrected chi connectivity index (χ1v) is 8.81. The number of imidazole rings is 1. The molecular formula is C18H15Cl2N5O. The van der Waals surface area contributed by atoms with E-state index in [0.717, 1.165) is 18.9 Å². The number of rotatable bonds is 2. The van der Waals surface area contributed by atoms with Gasteiger partial charge in [0.2, 0.25) is 5.69 Å². The van der Waals surface area contributed by atoms with Crippen LogP contribution in [0.15, 0.2) is 30.6 Å². The Morgan fingerprint density at radius 1 is 1.19 bits per heavy atom. The molecule has 0 atom stereocenters. The highest BCUT2D eigenvalue weighted by molar-refractivity contribution is 6.36. The average molecular weight is 388 g/mol. The molecule has 1 aliphatic heterocycles. The number of anilines is 2. The molecule has 4 rings (SSSR count). The Balaban J connectivity index is 1.96. The van der Waals surface area contributed by atoms with Crippen LogP contribution < -0.4 is 10.6 Å². The van der Waals surface area contributed by atoms with Gasteiger partial charge in [0.15, 0.2) is 5.65 Å². The lowest BCUT2D eigenvalue weighted by atomic mass is 10.0. The highest BCUT2D eigenvalue weighted by Crippen LogP contribution is 2.42. The van der Waals surface area contributed by atoms with Crippen molar-refractivity contribution in [3.8, 4) is 11.1 Å². The number of hydrogen-bond donors (Lipinski definition) is 1. The summed E-state index contributed by atoms with van der Waals surface area (Å²) in [6.07, 6.45) is 3.64. The lowest BCUT2D eigenvalue weighted by Crippen LogP contribution is -2.36. The van der Waals surface area contributed by atoms with E-state index in [4.69, 9.17) is 40.2 Å². The van der Waals surface area contributed by atoms with E-state index in [-0.39, 0.29) is 0 Å². The Morgan fingerprint density at radius 2 is 1.96 bits per heavy atom. The fourth-order valence-corrected chi connectivity index (χ4v) is 3.68. The zero-order chi connectivity index (χ0) is 18.3. The summed E-state index contributed by atoms with van der Waals surface area (Å²) in [5, 5.41) is 1.00. The fourth-order valence-electron chi connectivity index (χ4n) is 3.17. The smallest absolute Gasteiger partial charge is 0.222 e. The molecule has 3 heterocycles. The molecule has 1 saturated heterocycles. The van der Waals surface area contributed by atoms with E-state index < -0.39 is 0 Å². The molecule has 0 aliphatic carbocycles. The number of morpholine rings is 1. The van der Waals surface area contributed by atoms with Crippen LogP contribution in [0.4, 0.5) is 17.2 Å². The summed E-state index contributed by atoms with van der Waals surface area (Å²) >= 11 is 12.4.